The Balaban J connectivity index is 1.85. The quantitative estimate of drug-likeness (QED) is 0.812. The summed E-state index contributed by atoms with van der Waals surface area (Å²) in [4.78, 5) is 29.2. The minimum Gasteiger partial charge on any atom is -0.331 e. The van der Waals surface area contributed by atoms with Gasteiger partial charge in [-0.15, -0.1) is 11.3 Å². The second-order valence-electron chi connectivity index (χ2n) is 7.52. The zero-order valence-corrected chi connectivity index (χ0v) is 17.2. The van der Waals surface area contributed by atoms with Crippen LogP contribution < -0.4 is 5.32 Å². The number of anilines is 1. The molecule has 144 valence electrons. The van der Waals surface area contributed by atoms with Crippen molar-refractivity contribution in [3.05, 3.63) is 51.7 Å². The molecular formula is C22H28N2O2S. The van der Waals surface area contributed by atoms with Gasteiger partial charge in [0.2, 0.25) is 11.8 Å². The molecule has 1 aliphatic carbocycles. The summed E-state index contributed by atoms with van der Waals surface area (Å²) in [7, 11) is 1.80. The first-order chi connectivity index (χ1) is 12.9. The number of hydrogen-bond acceptors (Lipinski definition) is 3. The number of thiophene rings is 1. The van der Waals surface area contributed by atoms with E-state index in [1.54, 1.807) is 23.3 Å². The van der Waals surface area contributed by atoms with Gasteiger partial charge in [0.15, 0.2) is 0 Å². The van der Waals surface area contributed by atoms with E-state index >= 15 is 0 Å². The Labute approximate surface area is 165 Å². The second kappa shape index (κ2) is 8.26. The Morgan fingerprint density at radius 3 is 2.33 bits per heavy atom. The number of hydrogen-bond donors (Lipinski definition) is 1. The third kappa shape index (κ3) is 4.08. The van der Waals surface area contributed by atoms with Gasteiger partial charge in [0, 0.05) is 17.6 Å². The van der Waals surface area contributed by atoms with Crippen LogP contribution in [0.3, 0.4) is 0 Å². The summed E-state index contributed by atoms with van der Waals surface area (Å²) in [5.74, 6) is -0.0439. The van der Waals surface area contributed by atoms with Crippen molar-refractivity contribution in [2.45, 2.75) is 57.9 Å². The van der Waals surface area contributed by atoms with Crippen LogP contribution in [0.4, 0.5) is 5.69 Å². The smallest absolute Gasteiger partial charge is 0.250 e. The highest BCUT2D eigenvalue weighted by molar-refractivity contribution is 7.10. The van der Waals surface area contributed by atoms with E-state index in [2.05, 4.69) is 5.32 Å². The number of aryl methyl sites for hydroxylation is 2. The van der Waals surface area contributed by atoms with Crippen molar-refractivity contribution in [2.75, 3.05) is 12.4 Å². The Kier molecular flexibility index (Phi) is 6.00. The molecule has 1 heterocycles. The molecule has 5 heteroatoms. The first-order valence-electron chi connectivity index (χ1n) is 9.61. The van der Waals surface area contributed by atoms with Crippen molar-refractivity contribution >= 4 is 28.8 Å². The van der Waals surface area contributed by atoms with E-state index in [-0.39, 0.29) is 11.8 Å². The average molecular weight is 385 g/mol. The molecule has 0 atom stereocenters. The molecule has 0 aliphatic heterocycles. The summed E-state index contributed by atoms with van der Waals surface area (Å²) in [5.41, 5.74) is 2.19. The van der Waals surface area contributed by atoms with Crippen molar-refractivity contribution < 1.29 is 9.59 Å². The van der Waals surface area contributed by atoms with Gasteiger partial charge in [-0.1, -0.05) is 43.5 Å². The number of likely N-dealkylation sites (N-methyl/N-ethyl adjacent to an activating group) is 1. The largest absolute Gasteiger partial charge is 0.331 e. The van der Waals surface area contributed by atoms with Crippen LogP contribution in [0.1, 0.15) is 48.1 Å². The van der Waals surface area contributed by atoms with Crippen molar-refractivity contribution in [1.29, 1.82) is 0 Å². The SMILES string of the molecule is Cc1cccc(C)c1NC(=O)C1(N(C)C(=O)Cc2cccs2)CCCCC1. The molecule has 0 radical (unpaired) electrons. The van der Waals surface area contributed by atoms with Crippen molar-refractivity contribution in [3.63, 3.8) is 0 Å². The molecule has 1 aromatic heterocycles. The number of carbonyl (C=O) groups excluding carboxylic acids is 2. The summed E-state index contributed by atoms with van der Waals surface area (Å²) < 4.78 is 0. The number of amides is 2. The van der Waals surface area contributed by atoms with Crippen LogP contribution in [0.25, 0.3) is 0 Å². The van der Waals surface area contributed by atoms with Gasteiger partial charge in [-0.3, -0.25) is 9.59 Å². The Morgan fingerprint density at radius 1 is 1.07 bits per heavy atom. The topological polar surface area (TPSA) is 49.4 Å². The standard InChI is InChI=1S/C22H28N2O2S/c1-16-9-7-10-17(2)20(16)23-21(26)22(12-5-4-6-13-22)24(3)19(25)15-18-11-8-14-27-18/h7-11,14H,4-6,12-13,15H2,1-3H3,(H,23,26). The van der Waals surface area contributed by atoms with E-state index in [9.17, 15) is 9.59 Å². The Hall–Kier alpha value is -2.14. The zero-order valence-electron chi connectivity index (χ0n) is 16.4. The van der Waals surface area contributed by atoms with Gasteiger partial charge in [-0.05, 0) is 49.3 Å². The predicted octanol–water partition coefficient (Wildman–Crippen LogP) is 4.71. The Bertz CT molecular complexity index is 787. The van der Waals surface area contributed by atoms with Crippen molar-refractivity contribution in [2.24, 2.45) is 0 Å². The highest BCUT2D eigenvalue weighted by Crippen LogP contribution is 2.35. The fourth-order valence-corrected chi connectivity index (χ4v) is 4.71. The third-order valence-electron chi connectivity index (χ3n) is 5.74. The van der Waals surface area contributed by atoms with Gasteiger partial charge >= 0.3 is 0 Å². The van der Waals surface area contributed by atoms with Crippen LogP contribution in [0.15, 0.2) is 35.7 Å². The van der Waals surface area contributed by atoms with Gasteiger partial charge in [-0.25, -0.2) is 0 Å². The minimum absolute atomic E-state index is 0.0102. The molecule has 1 aromatic carbocycles. The molecule has 1 fully saturated rings. The molecule has 2 amide bonds. The summed E-state index contributed by atoms with van der Waals surface area (Å²) in [5, 5.41) is 5.13. The molecule has 1 saturated carbocycles. The molecule has 1 aliphatic rings. The molecule has 0 spiro atoms. The van der Waals surface area contributed by atoms with E-state index in [1.807, 2.05) is 49.6 Å². The van der Waals surface area contributed by atoms with Crippen LogP contribution in [0.2, 0.25) is 0 Å². The Morgan fingerprint density at radius 2 is 1.74 bits per heavy atom. The molecule has 1 N–H and O–H groups in total. The number of benzene rings is 1. The lowest BCUT2D eigenvalue weighted by molar-refractivity contribution is -0.145. The van der Waals surface area contributed by atoms with Crippen LogP contribution in [0.5, 0.6) is 0 Å². The number of nitrogens with one attached hydrogen (secondary N) is 1. The highest BCUT2D eigenvalue weighted by atomic mass is 32.1. The molecule has 27 heavy (non-hydrogen) atoms. The maximum atomic E-state index is 13.4. The monoisotopic (exact) mass is 384 g/mol. The number of carbonyl (C=O) groups is 2. The third-order valence-corrected chi connectivity index (χ3v) is 6.62. The number of para-hydroxylation sites is 1. The summed E-state index contributed by atoms with van der Waals surface area (Å²) in [6.45, 7) is 4.00. The van der Waals surface area contributed by atoms with Crippen LogP contribution in [0, 0.1) is 13.8 Å². The van der Waals surface area contributed by atoms with Gasteiger partial charge in [0.05, 0.1) is 6.42 Å². The minimum atomic E-state index is -0.763. The summed E-state index contributed by atoms with van der Waals surface area (Å²) in [6, 6.07) is 9.93. The molecule has 3 rings (SSSR count). The second-order valence-corrected chi connectivity index (χ2v) is 8.55. The highest BCUT2D eigenvalue weighted by Gasteiger charge is 2.45. The van der Waals surface area contributed by atoms with E-state index in [4.69, 9.17) is 0 Å². The van der Waals surface area contributed by atoms with Crippen LogP contribution >= 0.6 is 11.3 Å². The van der Waals surface area contributed by atoms with Crippen LogP contribution in [-0.2, 0) is 16.0 Å². The van der Waals surface area contributed by atoms with E-state index in [1.165, 1.54) is 0 Å². The van der Waals surface area contributed by atoms with Gasteiger partial charge in [0.25, 0.3) is 0 Å². The molecule has 0 unspecified atom stereocenters. The number of rotatable bonds is 5. The van der Waals surface area contributed by atoms with E-state index in [0.717, 1.165) is 53.8 Å². The molecule has 2 aromatic rings. The van der Waals surface area contributed by atoms with Crippen LogP contribution in [-0.4, -0.2) is 29.3 Å². The van der Waals surface area contributed by atoms with E-state index in [0.29, 0.717) is 6.42 Å². The lowest BCUT2D eigenvalue weighted by atomic mass is 9.79. The van der Waals surface area contributed by atoms with Gasteiger partial charge in [0.1, 0.15) is 5.54 Å². The predicted molar refractivity (Wildman–Crippen MR) is 111 cm³/mol. The normalized spacial score (nSPS) is 16.0. The fraction of sp³-hybridized carbons (Fsp3) is 0.455. The van der Waals surface area contributed by atoms with Gasteiger partial charge in [-0.2, -0.15) is 0 Å². The first-order valence-corrected chi connectivity index (χ1v) is 10.5. The molecular weight excluding hydrogens is 356 g/mol. The lowest BCUT2D eigenvalue weighted by Gasteiger charge is -2.43. The zero-order chi connectivity index (χ0) is 19.4. The lowest BCUT2D eigenvalue weighted by Crippen LogP contribution is -2.58. The summed E-state index contributed by atoms with van der Waals surface area (Å²) in [6.07, 6.45) is 4.85. The maximum Gasteiger partial charge on any atom is 0.250 e. The fourth-order valence-electron chi connectivity index (χ4n) is 4.01. The van der Waals surface area contributed by atoms with E-state index < -0.39 is 5.54 Å². The molecule has 0 bridgehead atoms. The number of nitrogens with zero attached hydrogens (tertiary/aromatic N) is 1. The van der Waals surface area contributed by atoms with Crippen molar-refractivity contribution in [3.8, 4) is 0 Å². The van der Waals surface area contributed by atoms with Gasteiger partial charge < -0.3 is 10.2 Å². The van der Waals surface area contributed by atoms with Crippen molar-refractivity contribution in [1.82, 2.24) is 4.90 Å². The average Bonchev–Trinajstić information content (AvgIpc) is 3.17. The first kappa shape index (κ1) is 19.6. The molecule has 4 nitrogen and oxygen atoms in total. The summed E-state index contributed by atoms with van der Waals surface area (Å²) >= 11 is 1.58. The maximum absolute atomic E-state index is 13.4. The molecule has 0 saturated heterocycles.